The molecule has 1 unspecified atom stereocenters. The van der Waals surface area contributed by atoms with Gasteiger partial charge in [-0.15, -0.1) is 0 Å². The Bertz CT molecular complexity index is 792. The highest BCUT2D eigenvalue weighted by Crippen LogP contribution is 2.19. The number of amides is 2. The van der Waals surface area contributed by atoms with Crippen LogP contribution in [0.2, 0.25) is 0 Å². The van der Waals surface area contributed by atoms with Crippen LogP contribution in [-0.2, 0) is 4.79 Å². The van der Waals surface area contributed by atoms with E-state index >= 15 is 0 Å². The summed E-state index contributed by atoms with van der Waals surface area (Å²) in [6.07, 6.45) is 5.29. The predicted molar refractivity (Wildman–Crippen MR) is 99.5 cm³/mol. The molecule has 1 atom stereocenters. The van der Waals surface area contributed by atoms with Crippen molar-refractivity contribution in [2.45, 2.75) is 31.8 Å². The van der Waals surface area contributed by atoms with E-state index in [2.05, 4.69) is 20.3 Å². The van der Waals surface area contributed by atoms with Gasteiger partial charge in [-0.1, -0.05) is 0 Å². The van der Waals surface area contributed by atoms with E-state index in [0.29, 0.717) is 37.8 Å². The van der Waals surface area contributed by atoms with Gasteiger partial charge in [0.1, 0.15) is 12.7 Å². The van der Waals surface area contributed by atoms with Crippen molar-refractivity contribution < 1.29 is 9.59 Å². The zero-order valence-electron chi connectivity index (χ0n) is 15.4. The van der Waals surface area contributed by atoms with Crippen LogP contribution in [-0.4, -0.2) is 74.6 Å². The zero-order chi connectivity index (χ0) is 18.8. The highest BCUT2D eigenvalue weighted by Gasteiger charge is 2.31. The quantitative estimate of drug-likeness (QED) is 0.840. The van der Waals surface area contributed by atoms with Gasteiger partial charge in [0, 0.05) is 37.8 Å². The van der Waals surface area contributed by atoms with Crippen molar-refractivity contribution in [2.75, 3.05) is 26.2 Å². The Hall–Kier alpha value is -2.74. The standard InChI is InChI=1S/C19H24N6O2/c1-14(18(26)22-16-4-5-16)23-8-10-24(11-9-23)19(27)15-2-6-17(7-3-15)25-13-20-12-21-25/h2-3,6-7,12-14,16H,4-5,8-11H2,1H3,(H,22,26). The fourth-order valence-electron chi connectivity index (χ4n) is 3.31. The number of hydrogen-bond donors (Lipinski definition) is 1. The zero-order valence-corrected chi connectivity index (χ0v) is 15.4. The Morgan fingerprint density at radius 2 is 1.81 bits per heavy atom. The molecule has 1 aromatic carbocycles. The first kappa shape index (κ1) is 17.7. The summed E-state index contributed by atoms with van der Waals surface area (Å²) >= 11 is 0. The SMILES string of the molecule is CC(C(=O)NC1CC1)N1CCN(C(=O)c2ccc(-n3cncn3)cc2)CC1. The highest BCUT2D eigenvalue weighted by atomic mass is 16.2. The van der Waals surface area contributed by atoms with E-state index < -0.39 is 0 Å². The summed E-state index contributed by atoms with van der Waals surface area (Å²) in [7, 11) is 0. The van der Waals surface area contributed by atoms with E-state index in [0.717, 1.165) is 18.5 Å². The number of piperazine rings is 1. The van der Waals surface area contributed by atoms with Gasteiger partial charge in [0.2, 0.25) is 5.91 Å². The Morgan fingerprint density at radius 1 is 1.11 bits per heavy atom. The number of benzene rings is 1. The molecule has 4 rings (SSSR count). The number of rotatable bonds is 5. The highest BCUT2D eigenvalue weighted by molar-refractivity contribution is 5.94. The molecule has 8 heteroatoms. The molecule has 2 amide bonds. The van der Waals surface area contributed by atoms with Gasteiger partial charge in [0.05, 0.1) is 11.7 Å². The van der Waals surface area contributed by atoms with Gasteiger partial charge in [-0.3, -0.25) is 14.5 Å². The molecule has 142 valence electrons. The van der Waals surface area contributed by atoms with Gasteiger partial charge in [0.15, 0.2) is 0 Å². The van der Waals surface area contributed by atoms with Gasteiger partial charge in [0.25, 0.3) is 5.91 Å². The van der Waals surface area contributed by atoms with E-state index in [9.17, 15) is 9.59 Å². The molecular formula is C19H24N6O2. The molecule has 1 aliphatic carbocycles. The molecule has 2 fully saturated rings. The molecule has 2 aliphatic rings. The van der Waals surface area contributed by atoms with Gasteiger partial charge in [-0.25, -0.2) is 9.67 Å². The van der Waals surface area contributed by atoms with Crippen LogP contribution in [0, 0.1) is 0 Å². The van der Waals surface area contributed by atoms with Crippen molar-refractivity contribution >= 4 is 11.8 Å². The fourth-order valence-corrected chi connectivity index (χ4v) is 3.31. The third-order valence-electron chi connectivity index (χ3n) is 5.25. The minimum absolute atomic E-state index is 0.0230. The van der Waals surface area contributed by atoms with E-state index in [1.54, 1.807) is 11.0 Å². The maximum atomic E-state index is 12.8. The van der Waals surface area contributed by atoms with Crippen molar-refractivity contribution in [3.05, 3.63) is 42.5 Å². The minimum Gasteiger partial charge on any atom is -0.352 e. The molecule has 1 aromatic heterocycles. The van der Waals surface area contributed by atoms with Gasteiger partial charge in [-0.2, -0.15) is 5.10 Å². The van der Waals surface area contributed by atoms with Gasteiger partial charge in [-0.05, 0) is 44.0 Å². The molecule has 1 saturated carbocycles. The molecule has 27 heavy (non-hydrogen) atoms. The van der Waals surface area contributed by atoms with Crippen LogP contribution in [0.4, 0.5) is 0 Å². The van der Waals surface area contributed by atoms with Crippen LogP contribution in [0.25, 0.3) is 5.69 Å². The van der Waals surface area contributed by atoms with Crippen LogP contribution < -0.4 is 5.32 Å². The minimum atomic E-state index is -0.148. The average molecular weight is 368 g/mol. The molecule has 0 radical (unpaired) electrons. The lowest BCUT2D eigenvalue weighted by Gasteiger charge is -2.37. The molecule has 1 N–H and O–H groups in total. The summed E-state index contributed by atoms with van der Waals surface area (Å²) in [5.74, 6) is 0.121. The van der Waals surface area contributed by atoms with Crippen LogP contribution in [0.1, 0.15) is 30.1 Å². The topological polar surface area (TPSA) is 83.4 Å². The molecule has 2 heterocycles. The van der Waals surface area contributed by atoms with Crippen molar-refractivity contribution in [1.29, 1.82) is 0 Å². The second-order valence-corrected chi connectivity index (χ2v) is 7.17. The Kier molecular flexibility index (Phi) is 4.89. The number of carbonyl (C=O) groups is 2. The van der Waals surface area contributed by atoms with Crippen molar-refractivity contribution in [1.82, 2.24) is 29.9 Å². The van der Waals surface area contributed by atoms with Crippen LogP contribution in [0.15, 0.2) is 36.9 Å². The Labute approximate surface area is 158 Å². The van der Waals surface area contributed by atoms with E-state index in [1.807, 2.05) is 36.1 Å². The molecule has 8 nitrogen and oxygen atoms in total. The second kappa shape index (κ2) is 7.48. The largest absolute Gasteiger partial charge is 0.352 e. The van der Waals surface area contributed by atoms with E-state index in [1.165, 1.54) is 6.33 Å². The predicted octanol–water partition coefficient (Wildman–Crippen LogP) is 0.692. The third kappa shape index (κ3) is 4.00. The van der Waals surface area contributed by atoms with E-state index in [4.69, 9.17) is 0 Å². The average Bonchev–Trinajstić information content (AvgIpc) is 3.35. The lowest BCUT2D eigenvalue weighted by Crippen LogP contribution is -2.55. The Morgan fingerprint density at radius 3 is 2.41 bits per heavy atom. The maximum absolute atomic E-state index is 12.8. The number of nitrogens with zero attached hydrogens (tertiary/aromatic N) is 5. The lowest BCUT2D eigenvalue weighted by atomic mass is 10.1. The van der Waals surface area contributed by atoms with Crippen LogP contribution in [0.5, 0.6) is 0 Å². The molecular weight excluding hydrogens is 344 g/mol. The maximum Gasteiger partial charge on any atom is 0.253 e. The lowest BCUT2D eigenvalue weighted by molar-refractivity contribution is -0.126. The summed E-state index contributed by atoms with van der Waals surface area (Å²) in [5.41, 5.74) is 1.52. The molecule has 0 spiro atoms. The second-order valence-electron chi connectivity index (χ2n) is 7.17. The summed E-state index contributed by atoms with van der Waals surface area (Å²) < 4.78 is 1.65. The van der Waals surface area contributed by atoms with Gasteiger partial charge >= 0.3 is 0 Å². The van der Waals surface area contributed by atoms with Gasteiger partial charge < -0.3 is 10.2 Å². The summed E-state index contributed by atoms with van der Waals surface area (Å²) in [6.45, 7) is 4.62. The van der Waals surface area contributed by atoms with Crippen molar-refractivity contribution in [2.24, 2.45) is 0 Å². The first-order valence-electron chi connectivity index (χ1n) is 9.40. The Balaban J connectivity index is 1.32. The number of hydrogen-bond acceptors (Lipinski definition) is 5. The first-order valence-corrected chi connectivity index (χ1v) is 9.40. The molecule has 0 bridgehead atoms. The molecule has 1 saturated heterocycles. The molecule has 2 aromatic rings. The van der Waals surface area contributed by atoms with Crippen LogP contribution >= 0.6 is 0 Å². The third-order valence-corrected chi connectivity index (χ3v) is 5.25. The summed E-state index contributed by atoms with van der Waals surface area (Å²) in [5, 5.41) is 7.14. The summed E-state index contributed by atoms with van der Waals surface area (Å²) in [6, 6.07) is 7.59. The fraction of sp³-hybridized carbons (Fsp3) is 0.474. The van der Waals surface area contributed by atoms with Crippen LogP contribution in [0.3, 0.4) is 0 Å². The first-order chi connectivity index (χ1) is 13.1. The number of nitrogens with one attached hydrogen (secondary N) is 1. The summed E-state index contributed by atoms with van der Waals surface area (Å²) in [4.78, 5) is 32.9. The van der Waals surface area contributed by atoms with Crippen molar-refractivity contribution in [3.63, 3.8) is 0 Å². The molecule has 1 aliphatic heterocycles. The normalized spacial score (nSPS) is 18.9. The van der Waals surface area contributed by atoms with Crippen molar-refractivity contribution in [3.8, 4) is 5.69 Å². The van der Waals surface area contributed by atoms with E-state index in [-0.39, 0.29) is 17.9 Å². The number of aromatic nitrogens is 3. The smallest absolute Gasteiger partial charge is 0.253 e. The number of carbonyl (C=O) groups excluding carboxylic acids is 2. The monoisotopic (exact) mass is 368 g/mol.